The maximum Gasteiger partial charge on any atom is 0.305 e. The molecule has 0 unspecified atom stereocenters. The Kier molecular flexibility index (Phi) is 8.16. The van der Waals surface area contributed by atoms with Crippen molar-refractivity contribution in [2.45, 2.75) is 38.8 Å². The number of rotatable bonds is 11. The first kappa shape index (κ1) is 23.8. The summed E-state index contributed by atoms with van der Waals surface area (Å²) in [5.74, 6) is 0.747. The minimum absolute atomic E-state index is 0.127. The van der Waals surface area contributed by atoms with E-state index in [-0.39, 0.29) is 5.97 Å². The highest BCUT2D eigenvalue weighted by Crippen LogP contribution is 2.30. The summed E-state index contributed by atoms with van der Waals surface area (Å²) in [4.78, 5) is 13.9. The van der Waals surface area contributed by atoms with Gasteiger partial charge in [-0.2, -0.15) is 0 Å². The van der Waals surface area contributed by atoms with Gasteiger partial charge in [0.1, 0.15) is 5.75 Å². The van der Waals surface area contributed by atoms with Gasteiger partial charge in [0.05, 0.1) is 14.2 Å². The number of carbonyl (C=O) groups excluding carboxylic acids is 1. The first-order chi connectivity index (χ1) is 16.7. The highest BCUT2D eigenvalue weighted by molar-refractivity contribution is 6.08. The number of esters is 1. The zero-order valence-corrected chi connectivity index (χ0v) is 20.1. The lowest BCUT2D eigenvalue weighted by Gasteiger charge is -2.24. The highest BCUT2D eigenvalue weighted by atomic mass is 16.5. The Labute approximate surface area is 202 Å². The Balaban J connectivity index is 1.56. The van der Waals surface area contributed by atoms with Crippen LogP contribution < -0.4 is 4.74 Å². The number of hydrogen-bond donors (Lipinski definition) is 0. The van der Waals surface area contributed by atoms with Crippen LogP contribution in [0.3, 0.4) is 0 Å². The number of methoxy groups -OCH3 is 2. The van der Waals surface area contributed by atoms with Gasteiger partial charge in [-0.1, -0.05) is 67.1 Å². The summed E-state index contributed by atoms with van der Waals surface area (Å²) in [7, 11) is 3.15. The van der Waals surface area contributed by atoms with Crippen molar-refractivity contribution < 1.29 is 14.3 Å². The van der Waals surface area contributed by atoms with E-state index in [0.717, 1.165) is 44.6 Å². The summed E-state index contributed by atoms with van der Waals surface area (Å²) in [5.41, 5.74) is 2.61. The topological polar surface area (TPSA) is 38.8 Å². The highest BCUT2D eigenvalue weighted by Gasteiger charge is 2.12. The van der Waals surface area contributed by atoms with Gasteiger partial charge in [0.15, 0.2) is 0 Å². The van der Waals surface area contributed by atoms with Gasteiger partial charge in [-0.05, 0) is 70.3 Å². The minimum atomic E-state index is -0.127. The Morgan fingerprint density at radius 1 is 0.765 bits per heavy atom. The fourth-order valence-electron chi connectivity index (χ4n) is 4.59. The van der Waals surface area contributed by atoms with Crippen LogP contribution in [-0.2, 0) is 22.6 Å². The molecule has 4 heteroatoms. The van der Waals surface area contributed by atoms with Crippen LogP contribution in [0.25, 0.3) is 21.5 Å². The molecule has 0 heterocycles. The van der Waals surface area contributed by atoms with Gasteiger partial charge in [0, 0.05) is 19.5 Å². The Morgan fingerprint density at radius 3 is 2.21 bits per heavy atom. The molecule has 0 saturated heterocycles. The number of ether oxygens (including phenoxy) is 2. The summed E-state index contributed by atoms with van der Waals surface area (Å²) < 4.78 is 10.1. The minimum Gasteiger partial charge on any atom is -0.497 e. The van der Waals surface area contributed by atoms with Crippen molar-refractivity contribution in [1.82, 2.24) is 4.90 Å². The Hall–Kier alpha value is -3.37. The summed E-state index contributed by atoms with van der Waals surface area (Å²) in [6.45, 7) is 2.70. The maximum atomic E-state index is 11.4. The van der Waals surface area contributed by atoms with Crippen molar-refractivity contribution in [2.75, 3.05) is 20.8 Å². The molecule has 4 aromatic rings. The van der Waals surface area contributed by atoms with Crippen LogP contribution in [0, 0.1) is 0 Å². The number of fused-ring (bicyclic) bond motifs is 3. The van der Waals surface area contributed by atoms with E-state index in [4.69, 9.17) is 9.47 Å². The van der Waals surface area contributed by atoms with E-state index in [0.29, 0.717) is 6.42 Å². The molecular weight excluding hydrogens is 422 g/mol. The third-order valence-electron chi connectivity index (χ3n) is 6.40. The molecule has 34 heavy (non-hydrogen) atoms. The van der Waals surface area contributed by atoms with Gasteiger partial charge >= 0.3 is 5.97 Å². The normalized spacial score (nSPS) is 11.3. The molecular formula is C30H33NO3. The number of carbonyl (C=O) groups is 1. The molecule has 0 aromatic heterocycles. The summed E-state index contributed by atoms with van der Waals surface area (Å²) in [5, 5.41) is 5.19. The lowest BCUT2D eigenvalue weighted by molar-refractivity contribution is -0.140. The average molecular weight is 456 g/mol. The molecule has 0 atom stereocenters. The van der Waals surface area contributed by atoms with Crippen molar-refractivity contribution in [3.05, 3.63) is 90.0 Å². The van der Waals surface area contributed by atoms with E-state index in [1.165, 1.54) is 39.8 Å². The van der Waals surface area contributed by atoms with E-state index in [1.54, 1.807) is 7.11 Å². The lowest BCUT2D eigenvalue weighted by atomic mass is 9.97. The second-order valence-corrected chi connectivity index (χ2v) is 8.75. The molecule has 0 aliphatic carbocycles. The summed E-state index contributed by atoms with van der Waals surface area (Å²) in [6.07, 6.45) is 3.40. The number of benzene rings is 4. The van der Waals surface area contributed by atoms with Crippen molar-refractivity contribution in [3.8, 4) is 5.75 Å². The van der Waals surface area contributed by atoms with E-state index in [1.807, 2.05) is 12.1 Å². The summed E-state index contributed by atoms with van der Waals surface area (Å²) in [6, 6.07) is 28.0. The van der Waals surface area contributed by atoms with Gasteiger partial charge in [0.2, 0.25) is 0 Å². The van der Waals surface area contributed by atoms with E-state index in [2.05, 4.69) is 71.6 Å². The Bertz CT molecular complexity index is 1230. The van der Waals surface area contributed by atoms with Crippen molar-refractivity contribution in [1.29, 1.82) is 0 Å². The first-order valence-corrected chi connectivity index (χ1v) is 12.0. The van der Waals surface area contributed by atoms with Gasteiger partial charge < -0.3 is 9.47 Å². The molecule has 0 amide bonds. The molecule has 0 bridgehead atoms. The van der Waals surface area contributed by atoms with Crippen LogP contribution >= 0.6 is 0 Å². The fourth-order valence-corrected chi connectivity index (χ4v) is 4.59. The third-order valence-corrected chi connectivity index (χ3v) is 6.40. The zero-order chi connectivity index (χ0) is 23.8. The summed E-state index contributed by atoms with van der Waals surface area (Å²) >= 11 is 0. The third kappa shape index (κ3) is 5.95. The van der Waals surface area contributed by atoms with E-state index < -0.39 is 0 Å². The van der Waals surface area contributed by atoms with Crippen LogP contribution in [0.2, 0.25) is 0 Å². The quantitative estimate of drug-likeness (QED) is 0.143. The number of hydrogen-bond acceptors (Lipinski definition) is 4. The molecule has 0 aliphatic rings. The van der Waals surface area contributed by atoms with Gasteiger partial charge in [-0.25, -0.2) is 0 Å². The number of nitrogens with zero attached hydrogens (tertiary/aromatic N) is 1. The van der Waals surface area contributed by atoms with E-state index >= 15 is 0 Å². The molecule has 4 aromatic carbocycles. The second kappa shape index (κ2) is 11.7. The predicted octanol–water partition coefficient (Wildman–Crippen LogP) is 6.74. The smallest absolute Gasteiger partial charge is 0.305 e. The van der Waals surface area contributed by atoms with Gasteiger partial charge in [-0.15, -0.1) is 0 Å². The molecule has 4 rings (SSSR count). The van der Waals surface area contributed by atoms with Gasteiger partial charge in [-0.3, -0.25) is 9.69 Å². The van der Waals surface area contributed by atoms with Gasteiger partial charge in [0.25, 0.3) is 0 Å². The monoisotopic (exact) mass is 455 g/mol. The largest absolute Gasteiger partial charge is 0.497 e. The van der Waals surface area contributed by atoms with Crippen LogP contribution in [0.5, 0.6) is 5.75 Å². The van der Waals surface area contributed by atoms with Crippen molar-refractivity contribution in [3.63, 3.8) is 0 Å². The standard InChI is InChI=1S/C30H33NO3/c1-33-26-17-15-23(16-18-26)21-31(19-9-3-4-14-30(32)34-2)22-25-20-24-10-5-6-11-27(24)29-13-8-7-12-28(25)29/h5-8,10-13,15-18,20H,3-4,9,14,19,21-22H2,1-2H3. The van der Waals surface area contributed by atoms with E-state index in [9.17, 15) is 4.79 Å². The molecule has 0 aliphatic heterocycles. The van der Waals surface area contributed by atoms with Crippen LogP contribution in [0.4, 0.5) is 0 Å². The van der Waals surface area contributed by atoms with Crippen LogP contribution in [0.15, 0.2) is 78.9 Å². The molecule has 0 fully saturated rings. The van der Waals surface area contributed by atoms with Crippen molar-refractivity contribution in [2.24, 2.45) is 0 Å². The number of unbranched alkanes of at least 4 members (excludes halogenated alkanes) is 2. The molecule has 176 valence electrons. The van der Waals surface area contributed by atoms with Crippen molar-refractivity contribution >= 4 is 27.5 Å². The average Bonchev–Trinajstić information content (AvgIpc) is 2.88. The maximum absolute atomic E-state index is 11.4. The molecule has 0 radical (unpaired) electrons. The lowest BCUT2D eigenvalue weighted by Crippen LogP contribution is -2.24. The van der Waals surface area contributed by atoms with Crippen LogP contribution in [0.1, 0.15) is 36.8 Å². The van der Waals surface area contributed by atoms with Crippen LogP contribution in [-0.4, -0.2) is 31.6 Å². The molecule has 0 spiro atoms. The molecule has 4 nitrogen and oxygen atoms in total. The molecule has 0 N–H and O–H groups in total. The predicted molar refractivity (Wildman–Crippen MR) is 139 cm³/mol. The second-order valence-electron chi connectivity index (χ2n) is 8.75. The zero-order valence-electron chi connectivity index (χ0n) is 20.1. The fraction of sp³-hybridized carbons (Fsp3) is 0.300. The first-order valence-electron chi connectivity index (χ1n) is 12.0. The molecule has 0 saturated carbocycles. The Morgan fingerprint density at radius 2 is 1.47 bits per heavy atom. The SMILES string of the molecule is COC(=O)CCCCCN(Cc1ccc(OC)cc1)Cc1cc2ccccc2c2ccccc12.